The highest BCUT2D eigenvalue weighted by Gasteiger charge is 2.23. The molecular weight excluding hydrogens is 368 g/mol. The number of carbonyl (C=O) groups is 5. The van der Waals surface area contributed by atoms with Gasteiger partial charge in [0.25, 0.3) is 0 Å². The lowest BCUT2D eigenvalue weighted by molar-refractivity contribution is -0.138. The Balaban J connectivity index is 2.47. The molecule has 10 nitrogen and oxygen atoms in total. The molecule has 6 N–H and O–H groups in total. The van der Waals surface area contributed by atoms with Crippen LogP contribution in [0.2, 0.25) is 0 Å². The van der Waals surface area contributed by atoms with Crippen molar-refractivity contribution in [1.29, 1.82) is 0 Å². The van der Waals surface area contributed by atoms with E-state index in [1.54, 1.807) is 24.3 Å². The second-order valence-electron chi connectivity index (χ2n) is 6.11. The number of aliphatic carboxylic acids is 1. The second kappa shape index (κ2) is 11.3. The van der Waals surface area contributed by atoms with Crippen molar-refractivity contribution in [2.45, 2.75) is 38.3 Å². The van der Waals surface area contributed by atoms with Gasteiger partial charge in [0.2, 0.25) is 23.6 Å². The van der Waals surface area contributed by atoms with Crippen LogP contribution >= 0.6 is 0 Å². The zero-order valence-corrected chi connectivity index (χ0v) is 15.4. The van der Waals surface area contributed by atoms with Crippen molar-refractivity contribution in [2.75, 3.05) is 6.54 Å². The molecule has 0 aliphatic carbocycles. The van der Waals surface area contributed by atoms with Crippen molar-refractivity contribution in [3.63, 3.8) is 0 Å². The summed E-state index contributed by atoms with van der Waals surface area (Å²) in [6.07, 6.45) is -0.386. The van der Waals surface area contributed by atoms with E-state index in [2.05, 4.69) is 16.0 Å². The summed E-state index contributed by atoms with van der Waals surface area (Å²) < 4.78 is 0. The first-order valence-electron chi connectivity index (χ1n) is 8.60. The molecule has 0 aliphatic heterocycles. The standard InChI is InChI=1S/C18H24N4O6/c1-11(21-15(24)10-20-14(23)7-8-16(25)26)18(28)22-13(17(19)27)9-12-5-3-2-4-6-12/h2-6,11,13H,7-10H2,1H3,(H2,19,27)(H,20,23)(H,21,24)(H,22,28)(H,25,26)/t11-,13+/m1/s1. The Hall–Kier alpha value is -3.43. The zero-order valence-electron chi connectivity index (χ0n) is 15.4. The number of carboxylic acid groups (broad SMARTS) is 1. The number of nitrogens with two attached hydrogens (primary N) is 1. The summed E-state index contributed by atoms with van der Waals surface area (Å²) in [7, 11) is 0. The van der Waals surface area contributed by atoms with Crippen molar-refractivity contribution in [1.82, 2.24) is 16.0 Å². The van der Waals surface area contributed by atoms with E-state index in [1.807, 2.05) is 6.07 Å². The molecule has 152 valence electrons. The van der Waals surface area contributed by atoms with Crippen molar-refractivity contribution in [3.05, 3.63) is 35.9 Å². The molecule has 1 rings (SSSR count). The van der Waals surface area contributed by atoms with Crippen LogP contribution in [0.1, 0.15) is 25.3 Å². The van der Waals surface area contributed by atoms with Crippen LogP contribution < -0.4 is 21.7 Å². The van der Waals surface area contributed by atoms with Gasteiger partial charge in [-0.05, 0) is 12.5 Å². The maximum absolute atomic E-state index is 12.2. The minimum Gasteiger partial charge on any atom is -0.481 e. The van der Waals surface area contributed by atoms with Gasteiger partial charge in [0, 0.05) is 12.8 Å². The maximum Gasteiger partial charge on any atom is 0.303 e. The highest BCUT2D eigenvalue weighted by atomic mass is 16.4. The molecule has 1 aromatic rings. The SMILES string of the molecule is C[C@@H](NC(=O)CNC(=O)CCC(=O)O)C(=O)N[C@@H](Cc1ccccc1)C(N)=O. The van der Waals surface area contributed by atoms with Gasteiger partial charge in [-0.1, -0.05) is 30.3 Å². The highest BCUT2D eigenvalue weighted by molar-refractivity contribution is 5.92. The Labute approximate surface area is 161 Å². The first-order chi connectivity index (χ1) is 13.2. The fraction of sp³-hybridized carbons (Fsp3) is 0.389. The summed E-state index contributed by atoms with van der Waals surface area (Å²) in [5, 5.41) is 15.6. The Morgan fingerprint density at radius 3 is 2.21 bits per heavy atom. The summed E-state index contributed by atoms with van der Waals surface area (Å²) in [6, 6.07) is 7.08. The smallest absolute Gasteiger partial charge is 0.303 e. The molecule has 0 spiro atoms. The average Bonchev–Trinajstić information content (AvgIpc) is 2.64. The molecule has 0 aliphatic rings. The summed E-state index contributed by atoms with van der Waals surface area (Å²) >= 11 is 0. The lowest BCUT2D eigenvalue weighted by Gasteiger charge is -2.19. The summed E-state index contributed by atoms with van der Waals surface area (Å²) in [6.45, 7) is 1.01. The fourth-order valence-corrected chi connectivity index (χ4v) is 2.22. The van der Waals surface area contributed by atoms with Crippen molar-refractivity contribution in [3.8, 4) is 0 Å². The van der Waals surface area contributed by atoms with Gasteiger partial charge in [0.15, 0.2) is 0 Å². The Kier molecular flexibility index (Phi) is 9.14. The van der Waals surface area contributed by atoms with Gasteiger partial charge < -0.3 is 26.8 Å². The van der Waals surface area contributed by atoms with Gasteiger partial charge in [0.05, 0.1) is 13.0 Å². The molecule has 1 aromatic carbocycles. The third-order valence-corrected chi connectivity index (χ3v) is 3.73. The molecule has 28 heavy (non-hydrogen) atoms. The number of carbonyl (C=O) groups excluding carboxylic acids is 4. The van der Waals surface area contributed by atoms with E-state index in [9.17, 15) is 24.0 Å². The van der Waals surface area contributed by atoms with E-state index in [-0.39, 0.29) is 19.3 Å². The Morgan fingerprint density at radius 2 is 1.64 bits per heavy atom. The largest absolute Gasteiger partial charge is 0.481 e. The van der Waals surface area contributed by atoms with E-state index in [0.29, 0.717) is 0 Å². The normalized spacial score (nSPS) is 12.3. The minimum absolute atomic E-state index is 0.211. The number of hydrogen-bond acceptors (Lipinski definition) is 5. The molecule has 4 amide bonds. The molecule has 0 unspecified atom stereocenters. The number of amides is 4. The number of carboxylic acids is 1. The van der Waals surface area contributed by atoms with E-state index < -0.39 is 48.2 Å². The number of rotatable bonds is 11. The molecular formula is C18H24N4O6. The van der Waals surface area contributed by atoms with E-state index in [0.717, 1.165) is 5.56 Å². The van der Waals surface area contributed by atoms with Crippen LogP contribution in [0.4, 0.5) is 0 Å². The first kappa shape index (κ1) is 22.6. The number of nitrogens with one attached hydrogen (secondary N) is 3. The Bertz CT molecular complexity index is 722. The number of primary amides is 1. The van der Waals surface area contributed by atoms with Crippen LogP contribution in [0.15, 0.2) is 30.3 Å². The average molecular weight is 392 g/mol. The minimum atomic E-state index is -1.12. The summed E-state index contributed by atoms with van der Waals surface area (Å²) in [4.78, 5) is 57.4. The number of benzene rings is 1. The molecule has 10 heteroatoms. The molecule has 0 bridgehead atoms. The molecule has 0 fully saturated rings. The van der Waals surface area contributed by atoms with Gasteiger partial charge in [0.1, 0.15) is 12.1 Å². The second-order valence-corrected chi connectivity index (χ2v) is 6.11. The van der Waals surface area contributed by atoms with Crippen LogP contribution in [0.25, 0.3) is 0 Å². The molecule has 0 aromatic heterocycles. The molecule has 0 saturated carbocycles. The van der Waals surface area contributed by atoms with Crippen LogP contribution in [-0.2, 0) is 30.4 Å². The van der Waals surface area contributed by atoms with E-state index in [1.165, 1.54) is 6.92 Å². The third kappa shape index (κ3) is 8.79. The molecule has 0 saturated heterocycles. The third-order valence-electron chi connectivity index (χ3n) is 3.73. The van der Waals surface area contributed by atoms with Crippen LogP contribution in [0.5, 0.6) is 0 Å². The maximum atomic E-state index is 12.2. The molecule has 0 heterocycles. The van der Waals surface area contributed by atoms with Gasteiger partial charge in [-0.25, -0.2) is 0 Å². The molecule has 2 atom stereocenters. The topological polar surface area (TPSA) is 168 Å². The summed E-state index contributed by atoms with van der Waals surface area (Å²) in [5.41, 5.74) is 6.15. The van der Waals surface area contributed by atoms with Crippen LogP contribution in [0.3, 0.4) is 0 Å². The fourth-order valence-electron chi connectivity index (χ4n) is 2.22. The first-order valence-corrected chi connectivity index (χ1v) is 8.60. The predicted octanol–water partition coefficient (Wildman–Crippen LogP) is -1.32. The molecule has 0 radical (unpaired) electrons. The van der Waals surface area contributed by atoms with Crippen molar-refractivity contribution in [2.24, 2.45) is 5.73 Å². The van der Waals surface area contributed by atoms with Gasteiger partial charge >= 0.3 is 5.97 Å². The van der Waals surface area contributed by atoms with E-state index in [4.69, 9.17) is 10.8 Å². The van der Waals surface area contributed by atoms with Gasteiger partial charge in [-0.15, -0.1) is 0 Å². The van der Waals surface area contributed by atoms with Crippen molar-refractivity contribution < 1.29 is 29.1 Å². The van der Waals surface area contributed by atoms with Crippen LogP contribution in [0, 0.1) is 0 Å². The number of hydrogen-bond donors (Lipinski definition) is 5. The van der Waals surface area contributed by atoms with Crippen LogP contribution in [-0.4, -0.2) is 53.3 Å². The van der Waals surface area contributed by atoms with E-state index >= 15 is 0 Å². The predicted molar refractivity (Wildman–Crippen MR) is 98.8 cm³/mol. The summed E-state index contributed by atoms with van der Waals surface area (Å²) in [5.74, 6) is -3.66. The lowest BCUT2D eigenvalue weighted by atomic mass is 10.1. The van der Waals surface area contributed by atoms with Gasteiger partial charge in [-0.3, -0.25) is 24.0 Å². The lowest BCUT2D eigenvalue weighted by Crippen LogP contribution is -2.53. The quantitative estimate of drug-likeness (QED) is 0.313. The Morgan fingerprint density at radius 1 is 1.00 bits per heavy atom. The van der Waals surface area contributed by atoms with Gasteiger partial charge in [-0.2, -0.15) is 0 Å². The van der Waals surface area contributed by atoms with Crippen molar-refractivity contribution >= 4 is 29.6 Å². The zero-order chi connectivity index (χ0) is 21.1. The highest BCUT2D eigenvalue weighted by Crippen LogP contribution is 2.03. The monoisotopic (exact) mass is 392 g/mol.